The van der Waals surface area contributed by atoms with Gasteiger partial charge in [0.25, 0.3) is 0 Å². The molecule has 3 aliphatic rings. The summed E-state index contributed by atoms with van der Waals surface area (Å²) in [6, 6.07) is 12.6. The van der Waals surface area contributed by atoms with E-state index in [4.69, 9.17) is 9.97 Å². The molecule has 0 aliphatic carbocycles. The van der Waals surface area contributed by atoms with Crippen LogP contribution >= 0.6 is 22.6 Å². The Kier molecular flexibility index (Phi) is 4.61. The highest BCUT2D eigenvalue weighted by atomic mass is 127. The smallest absolute Gasteiger partial charge is 0.0793 e. The average Bonchev–Trinajstić information content (AvgIpc) is 3.58. The van der Waals surface area contributed by atoms with Crippen LogP contribution < -0.4 is 0 Å². The number of halogens is 1. The van der Waals surface area contributed by atoms with Gasteiger partial charge in [0.1, 0.15) is 0 Å². The van der Waals surface area contributed by atoms with E-state index in [-0.39, 0.29) is 0 Å². The highest BCUT2D eigenvalue weighted by Crippen LogP contribution is 2.30. The number of aromatic amines is 2. The van der Waals surface area contributed by atoms with E-state index in [1.807, 2.05) is 6.08 Å². The van der Waals surface area contributed by atoms with Crippen LogP contribution in [0.25, 0.3) is 51.9 Å². The van der Waals surface area contributed by atoms with E-state index in [0.717, 1.165) is 60.5 Å². The fraction of sp³-hybridized carbons (Fsp3) is 0.0769. The molecule has 0 amide bonds. The summed E-state index contributed by atoms with van der Waals surface area (Å²) in [5.41, 5.74) is 10.2. The molecule has 156 valence electrons. The van der Waals surface area contributed by atoms with Crippen molar-refractivity contribution in [1.29, 1.82) is 0 Å². The monoisotopic (exact) mass is 529 g/mol. The Morgan fingerprint density at radius 2 is 1.53 bits per heavy atom. The van der Waals surface area contributed by atoms with Crippen LogP contribution in [0.15, 0.2) is 54.8 Å². The standard InChI is InChI=1S/C26H20IN5/c1-32-12-10-16(11-13-32)25-21-6-4-19(29-21)14-17-2-3-18(28-17)15-20-5-7-23(30-20)26(27)24-9-8-22(25)31-24/h2-12,14-15,28-29H,13H2,1H3. The van der Waals surface area contributed by atoms with Crippen molar-refractivity contribution >= 4 is 74.5 Å². The summed E-state index contributed by atoms with van der Waals surface area (Å²) in [5, 5.41) is 0. The zero-order chi connectivity index (χ0) is 21.7. The first kappa shape index (κ1) is 19.3. The minimum Gasteiger partial charge on any atom is -0.377 e. The average molecular weight is 529 g/mol. The van der Waals surface area contributed by atoms with Gasteiger partial charge >= 0.3 is 0 Å². The van der Waals surface area contributed by atoms with Crippen LogP contribution in [-0.4, -0.2) is 38.4 Å². The molecule has 0 saturated heterocycles. The maximum atomic E-state index is 5.02. The normalized spacial score (nSPS) is 14.8. The lowest BCUT2D eigenvalue weighted by Crippen LogP contribution is -2.13. The zero-order valence-corrected chi connectivity index (χ0v) is 19.6. The lowest BCUT2D eigenvalue weighted by atomic mass is 10.0. The third-order valence-electron chi connectivity index (χ3n) is 5.73. The highest BCUT2D eigenvalue weighted by Gasteiger charge is 2.15. The lowest BCUT2D eigenvalue weighted by molar-refractivity contribution is 0.506. The number of hydrogen-bond acceptors (Lipinski definition) is 3. The SMILES string of the molecule is CN1C=CC(c2c3nc(c(I)c4nc(cc5ccc(cc6ccc2[nH]6)[nH]5)C=C4)C=C3)=CC1. The largest absolute Gasteiger partial charge is 0.377 e. The molecule has 32 heavy (non-hydrogen) atoms. The first-order valence-electron chi connectivity index (χ1n) is 10.5. The fourth-order valence-corrected chi connectivity index (χ4v) is 4.71. The number of nitrogens with one attached hydrogen (secondary N) is 2. The fourth-order valence-electron chi connectivity index (χ4n) is 4.11. The van der Waals surface area contributed by atoms with Gasteiger partial charge in [-0.25, -0.2) is 9.97 Å². The van der Waals surface area contributed by atoms with Gasteiger partial charge in [0.15, 0.2) is 0 Å². The van der Waals surface area contributed by atoms with Crippen LogP contribution in [-0.2, 0) is 0 Å². The predicted octanol–water partition coefficient (Wildman–Crippen LogP) is 6.10. The van der Waals surface area contributed by atoms with E-state index in [0.29, 0.717) is 0 Å². The summed E-state index contributed by atoms with van der Waals surface area (Å²) in [6.45, 7) is 0.869. The third kappa shape index (κ3) is 3.50. The second-order valence-corrected chi connectivity index (χ2v) is 9.14. The molecule has 0 fully saturated rings. The van der Waals surface area contributed by atoms with Gasteiger partial charge in [0.05, 0.1) is 26.3 Å². The molecule has 3 aliphatic heterocycles. The van der Waals surface area contributed by atoms with E-state index in [2.05, 4.69) is 117 Å². The van der Waals surface area contributed by atoms with Crippen molar-refractivity contribution in [1.82, 2.24) is 24.8 Å². The number of H-pyrrole nitrogens is 2. The van der Waals surface area contributed by atoms with Crippen LogP contribution in [0.1, 0.15) is 28.3 Å². The van der Waals surface area contributed by atoms with Crippen molar-refractivity contribution in [2.45, 2.75) is 0 Å². The Morgan fingerprint density at radius 1 is 0.812 bits per heavy atom. The van der Waals surface area contributed by atoms with Crippen LogP contribution in [0.4, 0.5) is 0 Å². The van der Waals surface area contributed by atoms with Crippen molar-refractivity contribution in [3.05, 3.63) is 86.7 Å². The molecule has 6 heterocycles. The topological polar surface area (TPSA) is 60.6 Å². The van der Waals surface area contributed by atoms with Crippen LogP contribution in [0.2, 0.25) is 0 Å². The molecule has 5 nitrogen and oxygen atoms in total. The molecule has 0 radical (unpaired) electrons. The predicted molar refractivity (Wildman–Crippen MR) is 141 cm³/mol. The maximum Gasteiger partial charge on any atom is 0.0793 e. The summed E-state index contributed by atoms with van der Waals surface area (Å²) in [5.74, 6) is 0. The Hall–Kier alpha value is -3.39. The van der Waals surface area contributed by atoms with Crippen molar-refractivity contribution in [3.8, 4) is 0 Å². The van der Waals surface area contributed by atoms with Crippen LogP contribution in [0, 0.1) is 3.57 Å². The van der Waals surface area contributed by atoms with E-state index in [1.165, 1.54) is 5.57 Å². The van der Waals surface area contributed by atoms with Gasteiger partial charge in [-0.3, -0.25) is 0 Å². The number of allylic oxidation sites excluding steroid dienone is 2. The van der Waals surface area contributed by atoms with E-state index >= 15 is 0 Å². The van der Waals surface area contributed by atoms with Crippen LogP contribution in [0.3, 0.4) is 0 Å². The lowest BCUT2D eigenvalue weighted by Gasteiger charge is -2.17. The number of fused-ring (bicyclic) bond motifs is 8. The molecule has 0 atom stereocenters. The second kappa shape index (κ2) is 7.63. The number of likely N-dealkylation sites (N-methyl/N-ethyl adjacent to an activating group) is 1. The number of aromatic nitrogens is 4. The molecule has 2 N–H and O–H groups in total. The molecule has 3 aromatic heterocycles. The number of nitrogens with zero attached hydrogens (tertiary/aromatic N) is 3. The van der Waals surface area contributed by atoms with E-state index < -0.39 is 0 Å². The summed E-state index contributed by atoms with van der Waals surface area (Å²) < 4.78 is 1.04. The van der Waals surface area contributed by atoms with Gasteiger partial charge < -0.3 is 14.9 Å². The molecule has 0 unspecified atom stereocenters. The van der Waals surface area contributed by atoms with Crippen molar-refractivity contribution < 1.29 is 0 Å². The molecular weight excluding hydrogens is 509 g/mol. The van der Waals surface area contributed by atoms with E-state index in [1.54, 1.807) is 0 Å². The van der Waals surface area contributed by atoms with E-state index in [9.17, 15) is 0 Å². The molecule has 0 spiro atoms. The van der Waals surface area contributed by atoms with Gasteiger partial charge in [0.2, 0.25) is 0 Å². The second-order valence-electron chi connectivity index (χ2n) is 8.06. The third-order valence-corrected chi connectivity index (χ3v) is 6.83. The molecule has 0 aromatic carbocycles. The first-order chi connectivity index (χ1) is 15.6. The quantitative estimate of drug-likeness (QED) is 0.258. The minimum absolute atomic E-state index is 0.869. The molecule has 0 saturated carbocycles. The molecule has 6 rings (SSSR count). The van der Waals surface area contributed by atoms with Crippen molar-refractivity contribution in [2.75, 3.05) is 13.6 Å². The van der Waals surface area contributed by atoms with Gasteiger partial charge in [-0.15, -0.1) is 0 Å². The van der Waals surface area contributed by atoms with Crippen molar-refractivity contribution in [3.63, 3.8) is 0 Å². The Labute approximate surface area is 199 Å². The number of hydrogen-bond donors (Lipinski definition) is 2. The summed E-state index contributed by atoms with van der Waals surface area (Å²) >= 11 is 2.35. The van der Waals surface area contributed by atoms with Gasteiger partial charge in [-0.05, 0) is 101 Å². The summed E-state index contributed by atoms with van der Waals surface area (Å²) in [7, 11) is 2.08. The Morgan fingerprint density at radius 3 is 2.38 bits per heavy atom. The molecule has 3 aromatic rings. The van der Waals surface area contributed by atoms with Gasteiger partial charge in [-0.2, -0.15) is 0 Å². The number of rotatable bonds is 1. The Bertz CT molecular complexity index is 1530. The minimum atomic E-state index is 0.869. The molecule has 6 heteroatoms. The molecular formula is C26H20IN5. The van der Waals surface area contributed by atoms with Gasteiger partial charge in [0, 0.05) is 41.2 Å². The zero-order valence-electron chi connectivity index (χ0n) is 17.4. The first-order valence-corrected chi connectivity index (χ1v) is 11.6. The highest BCUT2D eigenvalue weighted by molar-refractivity contribution is 14.1. The van der Waals surface area contributed by atoms with Gasteiger partial charge in [-0.1, -0.05) is 6.08 Å². The molecule has 8 bridgehead atoms. The maximum absolute atomic E-state index is 5.02. The summed E-state index contributed by atoms with van der Waals surface area (Å²) in [6.07, 6.45) is 14.8. The van der Waals surface area contributed by atoms with Crippen molar-refractivity contribution in [2.24, 2.45) is 0 Å². The van der Waals surface area contributed by atoms with Crippen LogP contribution in [0.5, 0.6) is 0 Å². The summed E-state index contributed by atoms with van der Waals surface area (Å²) in [4.78, 5) is 19.0. The Balaban J connectivity index is 1.71.